The van der Waals surface area contributed by atoms with Gasteiger partial charge in [-0.25, -0.2) is 4.39 Å². The minimum atomic E-state index is -0.395. The lowest BCUT2D eigenvalue weighted by atomic mass is 9.96. The third-order valence-corrected chi connectivity index (χ3v) is 5.14. The summed E-state index contributed by atoms with van der Waals surface area (Å²) >= 11 is 0. The first-order valence-electron chi connectivity index (χ1n) is 9.62. The van der Waals surface area contributed by atoms with E-state index >= 15 is 0 Å². The van der Waals surface area contributed by atoms with Crippen LogP contribution in [0.5, 0.6) is 0 Å². The van der Waals surface area contributed by atoms with Crippen molar-refractivity contribution in [3.63, 3.8) is 0 Å². The van der Waals surface area contributed by atoms with Crippen LogP contribution in [0, 0.1) is 19.7 Å². The summed E-state index contributed by atoms with van der Waals surface area (Å²) in [6.07, 6.45) is 0. The molecule has 0 atom stereocenters. The number of hydrogen-bond acceptors (Lipinski definition) is 2. The molecule has 1 aromatic heterocycles. The Morgan fingerprint density at radius 3 is 2.48 bits per heavy atom. The van der Waals surface area contributed by atoms with Gasteiger partial charge in [-0.15, -0.1) is 0 Å². The quantitative estimate of drug-likeness (QED) is 0.492. The predicted molar refractivity (Wildman–Crippen MR) is 114 cm³/mol. The monoisotopic (exact) mass is 387 g/mol. The Morgan fingerprint density at radius 1 is 1.03 bits per heavy atom. The third kappa shape index (κ3) is 3.51. The zero-order chi connectivity index (χ0) is 20.5. The number of halogens is 1. The van der Waals surface area contributed by atoms with Gasteiger partial charge in [0.15, 0.2) is 0 Å². The van der Waals surface area contributed by atoms with Gasteiger partial charge in [-0.3, -0.25) is 9.89 Å². The first-order valence-corrected chi connectivity index (χ1v) is 9.62. The summed E-state index contributed by atoms with van der Waals surface area (Å²) in [5.74, 6) is -0.675. The Bertz CT molecular complexity index is 1210. The van der Waals surface area contributed by atoms with E-state index in [0.717, 1.165) is 27.7 Å². The molecule has 2 N–H and O–H groups in total. The fraction of sp³-hybridized carbons (Fsp3) is 0.167. The van der Waals surface area contributed by atoms with Crippen LogP contribution in [0.15, 0.2) is 54.6 Å². The van der Waals surface area contributed by atoms with E-state index in [2.05, 4.69) is 34.6 Å². The number of aromatic nitrogens is 2. The molecule has 3 aromatic carbocycles. The summed E-state index contributed by atoms with van der Waals surface area (Å²) < 4.78 is 14.5. The van der Waals surface area contributed by atoms with Crippen LogP contribution in [0.3, 0.4) is 0 Å². The SMILES string of the molecule is CCNC(=O)c1cc(F)c(C)c(-c2ccc3c(-c4ccc(C)cc4)n[nH]c3c2)c1. The van der Waals surface area contributed by atoms with Gasteiger partial charge in [0.1, 0.15) is 5.82 Å². The van der Waals surface area contributed by atoms with Crippen LogP contribution in [0.1, 0.15) is 28.4 Å². The van der Waals surface area contributed by atoms with Gasteiger partial charge in [-0.2, -0.15) is 5.10 Å². The first kappa shape index (κ1) is 18.9. The second kappa shape index (κ2) is 7.51. The minimum Gasteiger partial charge on any atom is -0.352 e. The molecule has 0 aliphatic carbocycles. The van der Waals surface area contributed by atoms with Gasteiger partial charge in [-0.1, -0.05) is 35.9 Å². The average Bonchev–Trinajstić information content (AvgIpc) is 3.14. The van der Waals surface area contributed by atoms with E-state index in [1.807, 2.05) is 37.3 Å². The van der Waals surface area contributed by atoms with E-state index in [4.69, 9.17) is 0 Å². The zero-order valence-electron chi connectivity index (χ0n) is 16.6. The molecule has 0 aliphatic heterocycles. The lowest BCUT2D eigenvalue weighted by molar-refractivity contribution is 0.0955. The van der Waals surface area contributed by atoms with Crippen LogP contribution in [-0.2, 0) is 0 Å². The van der Waals surface area contributed by atoms with Gasteiger partial charge in [-0.05, 0) is 61.7 Å². The highest BCUT2D eigenvalue weighted by Gasteiger charge is 2.15. The number of rotatable bonds is 4. The van der Waals surface area contributed by atoms with Gasteiger partial charge in [0.2, 0.25) is 0 Å². The van der Waals surface area contributed by atoms with Crippen molar-refractivity contribution in [3.05, 3.63) is 77.1 Å². The first-order chi connectivity index (χ1) is 14.0. The summed E-state index contributed by atoms with van der Waals surface area (Å²) in [4.78, 5) is 12.2. The predicted octanol–water partition coefficient (Wildman–Crippen LogP) is 5.40. The summed E-state index contributed by atoms with van der Waals surface area (Å²) in [6, 6.07) is 17.1. The van der Waals surface area contributed by atoms with Crippen molar-refractivity contribution in [3.8, 4) is 22.4 Å². The number of benzene rings is 3. The molecule has 0 aliphatic rings. The highest BCUT2D eigenvalue weighted by atomic mass is 19.1. The van der Waals surface area contributed by atoms with Gasteiger partial charge < -0.3 is 5.32 Å². The van der Waals surface area contributed by atoms with Crippen molar-refractivity contribution in [2.75, 3.05) is 6.54 Å². The molecule has 5 heteroatoms. The van der Waals surface area contributed by atoms with Crippen molar-refractivity contribution in [1.29, 1.82) is 0 Å². The molecule has 4 rings (SSSR count). The topological polar surface area (TPSA) is 57.8 Å². The van der Waals surface area contributed by atoms with E-state index < -0.39 is 5.82 Å². The maximum absolute atomic E-state index is 14.5. The van der Waals surface area contributed by atoms with E-state index in [1.54, 1.807) is 13.0 Å². The highest BCUT2D eigenvalue weighted by Crippen LogP contribution is 2.32. The largest absolute Gasteiger partial charge is 0.352 e. The van der Waals surface area contributed by atoms with Crippen molar-refractivity contribution >= 4 is 16.8 Å². The fourth-order valence-electron chi connectivity index (χ4n) is 3.49. The van der Waals surface area contributed by atoms with Crippen molar-refractivity contribution in [2.45, 2.75) is 20.8 Å². The van der Waals surface area contributed by atoms with Crippen molar-refractivity contribution in [2.24, 2.45) is 0 Å². The number of aromatic amines is 1. The molecular formula is C24H22FN3O. The molecule has 4 aromatic rings. The standard InChI is InChI=1S/C24H22FN3O/c1-4-26-24(29)18-11-20(15(3)21(25)12-18)17-9-10-19-22(13-17)27-28-23(19)16-7-5-14(2)6-8-16/h5-13H,4H2,1-3H3,(H,26,29)(H,27,28). The van der Waals surface area contributed by atoms with Crippen LogP contribution in [0.4, 0.5) is 4.39 Å². The second-order valence-electron chi connectivity index (χ2n) is 7.19. The van der Waals surface area contributed by atoms with Crippen LogP contribution in [0.25, 0.3) is 33.3 Å². The Balaban J connectivity index is 1.79. The number of aryl methyl sites for hydroxylation is 1. The molecule has 0 saturated carbocycles. The smallest absolute Gasteiger partial charge is 0.251 e. The molecule has 1 heterocycles. The number of fused-ring (bicyclic) bond motifs is 1. The second-order valence-corrected chi connectivity index (χ2v) is 7.19. The number of hydrogen-bond donors (Lipinski definition) is 2. The molecule has 0 saturated heterocycles. The number of amides is 1. The minimum absolute atomic E-state index is 0.281. The molecule has 146 valence electrons. The number of carbonyl (C=O) groups excluding carboxylic acids is 1. The summed E-state index contributed by atoms with van der Waals surface area (Å²) in [5.41, 5.74) is 6.33. The van der Waals surface area contributed by atoms with Gasteiger partial charge in [0.05, 0.1) is 11.2 Å². The van der Waals surface area contributed by atoms with Crippen molar-refractivity contribution in [1.82, 2.24) is 15.5 Å². The van der Waals surface area contributed by atoms with Crippen LogP contribution >= 0.6 is 0 Å². The van der Waals surface area contributed by atoms with E-state index in [-0.39, 0.29) is 5.91 Å². The Morgan fingerprint density at radius 2 is 1.76 bits per heavy atom. The molecule has 1 amide bonds. The van der Waals surface area contributed by atoms with Crippen LogP contribution in [0.2, 0.25) is 0 Å². The van der Waals surface area contributed by atoms with Crippen LogP contribution in [-0.4, -0.2) is 22.6 Å². The number of nitrogens with zero attached hydrogens (tertiary/aromatic N) is 1. The molecule has 0 unspecified atom stereocenters. The molecule has 0 spiro atoms. The number of H-pyrrole nitrogens is 1. The maximum Gasteiger partial charge on any atom is 0.251 e. The van der Waals surface area contributed by atoms with Gasteiger partial charge >= 0.3 is 0 Å². The molecule has 29 heavy (non-hydrogen) atoms. The zero-order valence-corrected chi connectivity index (χ0v) is 16.6. The molecular weight excluding hydrogens is 365 g/mol. The summed E-state index contributed by atoms with van der Waals surface area (Å²) in [6.45, 7) is 6.10. The van der Waals surface area contributed by atoms with E-state index in [1.165, 1.54) is 11.6 Å². The number of nitrogens with one attached hydrogen (secondary N) is 2. The lowest BCUT2D eigenvalue weighted by Gasteiger charge is -2.11. The van der Waals surface area contributed by atoms with Crippen LogP contribution < -0.4 is 5.32 Å². The molecule has 0 fully saturated rings. The Labute approximate surface area is 168 Å². The van der Waals surface area contributed by atoms with Crippen molar-refractivity contribution < 1.29 is 9.18 Å². The molecule has 0 radical (unpaired) electrons. The Hall–Kier alpha value is -3.47. The van der Waals surface area contributed by atoms with E-state index in [0.29, 0.717) is 23.2 Å². The maximum atomic E-state index is 14.5. The van der Waals surface area contributed by atoms with Gasteiger partial charge in [0.25, 0.3) is 5.91 Å². The molecule has 0 bridgehead atoms. The summed E-state index contributed by atoms with van der Waals surface area (Å²) in [5, 5.41) is 11.3. The lowest BCUT2D eigenvalue weighted by Crippen LogP contribution is -2.22. The third-order valence-electron chi connectivity index (χ3n) is 5.14. The highest BCUT2D eigenvalue weighted by molar-refractivity contribution is 5.98. The normalized spacial score (nSPS) is 11.0. The number of carbonyl (C=O) groups is 1. The Kier molecular flexibility index (Phi) is 4.89. The van der Waals surface area contributed by atoms with E-state index in [9.17, 15) is 9.18 Å². The summed E-state index contributed by atoms with van der Waals surface area (Å²) in [7, 11) is 0. The fourth-order valence-corrected chi connectivity index (χ4v) is 3.49. The van der Waals surface area contributed by atoms with Gasteiger partial charge in [0, 0.05) is 23.1 Å². The average molecular weight is 387 g/mol. The molecule has 4 nitrogen and oxygen atoms in total.